The number of rotatable bonds is 4. The van der Waals surface area contributed by atoms with Crippen LogP contribution in [-0.2, 0) is 9.53 Å². The molecule has 4 rings (SSSR count). The van der Waals surface area contributed by atoms with E-state index in [2.05, 4.69) is 15.1 Å². The molecule has 1 fully saturated rings. The van der Waals surface area contributed by atoms with E-state index < -0.39 is 0 Å². The molecule has 0 radical (unpaired) electrons. The number of H-pyrrole nitrogens is 1. The van der Waals surface area contributed by atoms with Crippen molar-refractivity contribution >= 4 is 40.3 Å². The first kappa shape index (κ1) is 19.9. The van der Waals surface area contributed by atoms with Crippen molar-refractivity contribution in [2.45, 2.75) is 31.2 Å². The molecule has 0 unspecified atom stereocenters. The Morgan fingerprint density at radius 1 is 1.34 bits per heavy atom. The molecular weight excluding hydrogens is 414 g/mol. The monoisotopic (exact) mass is 433 g/mol. The fourth-order valence-electron chi connectivity index (χ4n) is 3.37. The molecule has 0 saturated carbocycles. The molecule has 1 aromatic carbocycles. The first-order valence-corrected chi connectivity index (χ1v) is 10.6. The first-order valence-electron chi connectivity index (χ1n) is 9.20. The second-order valence-corrected chi connectivity index (χ2v) is 8.39. The van der Waals surface area contributed by atoms with E-state index in [4.69, 9.17) is 16.3 Å². The van der Waals surface area contributed by atoms with Crippen molar-refractivity contribution in [1.29, 1.82) is 0 Å². The van der Waals surface area contributed by atoms with Crippen LogP contribution in [0.1, 0.15) is 13.8 Å². The van der Waals surface area contributed by atoms with Gasteiger partial charge in [-0.15, -0.1) is 0 Å². The number of hydrogen-bond acceptors (Lipinski definition) is 6. The smallest absolute Gasteiger partial charge is 0.262 e. The van der Waals surface area contributed by atoms with Crippen LogP contribution in [0, 0.1) is 0 Å². The summed E-state index contributed by atoms with van der Waals surface area (Å²) >= 11 is 7.27. The molecule has 1 N–H and O–H groups in total. The van der Waals surface area contributed by atoms with Crippen molar-refractivity contribution < 1.29 is 9.53 Å². The van der Waals surface area contributed by atoms with Crippen LogP contribution in [0.4, 0.5) is 0 Å². The Labute approximate surface area is 176 Å². The van der Waals surface area contributed by atoms with Crippen molar-refractivity contribution in [2.24, 2.45) is 0 Å². The zero-order chi connectivity index (χ0) is 20.5. The van der Waals surface area contributed by atoms with Gasteiger partial charge in [0.25, 0.3) is 5.56 Å². The van der Waals surface area contributed by atoms with Crippen molar-refractivity contribution in [3.63, 3.8) is 0 Å². The maximum absolute atomic E-state index is 12.6. The number of ether oxygens (including phenoxy) is 1. The van der Waals surface area contributed by atoms with E-state index in [9.17, 15) is 9.59 Å². The molecular formula is C19H20ClN5O3S. The average Bonchev–Trinajstić information content (AvgIpc) is 3.10. The summed E-state index contributed by atoms with van der Waals surface area (Å²) < 4.78 is 7.23. The molecule has 3 aromatic rings. The number of thioether (sulfide) groups is 1. The van der Waals surface area contributed by atoms with E-state index in [1.807, 2.05) is 19.9 Å². The summed E-state index contributed by atoms with van der Waals surface area (Å²) in [5.74, 6) is 0.169. The number of benzene rings is 1. The largest absolute Gasteiger partial charge is 0.372 e. The molecule has 1 amide bonds. The normalized spacial score (nSPS) is 19.6. The Morgan fingerprint density at radius 2 is 2.10 bits per heavy atom. The van der Waals surface area contributed by atoms with Crippen LogP contribution in [-0.4, -0.2) is 61.6 Å². The van der Waals surface area contributed by atoms with Crippen molar-refractivity contribution in [3.05, 3.63) is 45.8 Å². The maximum Gasteiger partial charge on any atom is 0.262 e. The van der Waals surface area contributed by atoms with Gasteiger partial charge in [0.1, 0.15) is 5.39 Å². The highest BCUT2D eigenvalue weighted by Gasteiger charge is 2.26. The van der Waals surface area contributed by atoms with Gasteiger partial charge in [0.2, 0.25) is 5.91 Å². The van der Waals surface area contributed by atoms with Gasteiger partial charge in [0.15, 0.2) is 10.8 Å². The van der Waals surface area contributed by atoms with Crippen molar-refractivity contribution in [2.75, 3.05) is 18.8 Å². The standard InChI is InChI=1S/C19H20ClN5O3S/c1-11-8-24(9-12(2)28-11)16(26)10-29-19-22-17-15(18(27)23-19)7-21-25(17)14-5-3-4-13(20)6-14/h3-7,11-12H,8-10H2,1-2H3,(H,22,23,27)/t11-,12-/m1/s1. The number of aromatic amines is 1. The number of aromatic nitrogens is 4. The number of fused-ring (bicyclic) bond motifs is 1. The molecule has 1 saturated heterocycles. The number of carbonyl (C=O) groups excluding carboxylic acids is 1. The van der Waals surface area contributed by atoms with E-state index in [1.54, 1.807) is 27.8 Å². The summed E-state index contributed by atoms with van der Waals surface area (Å²) in [4.78, 5) is 34.1. The third-order valence-electron chi connectivity index (χ3n) is 4.57. The number of halogens is 1. The van der Waals surface area contributed by atoms with Crippen molar-refractivity contribution in [1.82, 2.24) is 24.6 Å². The summed E-state index contributed by atoms with van der Waals surface area (Å²) in [6, 6.07) is 7.14. The third-order valence-corrected chi connectivity index (χ3v) is 5.67. The number of hydrogen-bond donors (Lipinski definition) is 1. The van der Waals surface area contributed by atoms with Gasteiger partial charge in [0.05, 0.1) is 29.8 Å². The topological polar surface area (TPSA) is 93.1 Å². The van der Waals surface area contributed by atoms with E-state index in [-0.39, 0.29) is 29.4 Å². The van der Waals surface area contributed by atoms with Crippen LogP contribution in [0.5, 0.6) is 0 Å². The minimum atomic E-state index is -0.299. The highest BCUT2D eigenvalue weighted by Crippen LogP contribution is 2.21. The minimum absolute atomic E-state index is 0.00836. The van der Waals surface area contributed by atoms with Gasteiger partial charge >= 0.3 is 0 Å². The highest BCUT2D eigenvalue weighted by atomic mass is 35.5. The first-order chi connectivity index (χ1) is 13.9. The van der Waals surface area contributed by atoms with Gasteiger partial charge in [-0.1, -0.05) is 29.4 Å². The molecule has 0 spiro atoms. The molecule has 1 aliphatic heterocycles. The minimum Gasteiger partial charge on any atom is -0.372 e. The van der Waals surface area contributed by atoms with E-state index in [0.29, 0.717) is 40.0 Å². The molecule has 1 aliphatic rings. The third kappa shape index (κ3) is 4.31. The number of nitrogens with zero attached hydrogens (tertiary/aromatic N) is 4. The van der Waals surface area contributed by atoms with E-state index in [1.165, 1.54) is 18.0 Å². The van der Waals surface area contributed by atoms with Gasteiger partial charge in [-0.2, -0.15) is 5.10 Å². The molecule has 0 aliphatic carbocycles. The second kappa shape index (κ2) is 8.17. The fourth-order valence-corrected chi connectivity index (χ4v) is 4.31. The van der Waals surface area contributed by atoms with E-state index in [0.717, 1.165) is 0 Å². The van der Waals surface area contributed by atoms with Gasteiger partial charge in [-0.25, -0.2) is 9.67 Å². The Kier molecular flexibility index (Phi) is 5.62. The van der Waals surface area contributed by atoms with Gasteiger partial charge in [0, 0.05) is 18.1 Å². The molecule has 0 bridgehead atoms. The molecule has 8 nitrogen and oxygen atoms in total. The average molecular weight is 434 g/mol. The highest BCUT2D eigenvalue weighted by molar-refractivity contribution is 7.99. The molecule has 10 heteroatoms. The zero-order valence-corrected chi connectivity index (χ0v) is 17.5. The van der Waals surface area contributed by atoms with Crippen LogP contribution in [0.15, 0.2) is 40.4 Å². The summed E-state index contributed by atoms with van der Waals surface area (Å²) in [7, 11) is 0. The number of carbonyl (C=O) groups is 1. The zero-order valence-electron chi connectivity index (χ0n) is 16.0. The Bertz CT molecular complexity index is 1100. The quantitative estimate of drug-likeness (QED) is 0.502. The fraction of sp³-hybridized carbons (Fsp3) is 0.368. The lowest BCUT2D eigenvalue weighted by Crippen LogP contribution is -2.48. The van der Waals surface area contributed by atoms with Crippen LogP contribution < -0.4 is 5.56 Å². The van der Waals surface area contributed by atoms with Gasteiger partial charge in [-0.3, -0.25) is 9.59 Å². The van der Waals surface area contributed by atoms with Crippen molar-refractivity contribution in [3.8, 4) is 5.69 Å². The second-order valence-electron chi connectivity index (χ2n) is 6.99. The molecule has 152 valence electrons. The lowest BCUT2D eigenvalue weighted by Gasteiger charge is -2.35. The number of morpholine rings is 1. The summed E-state index contributed by atoms with van der Waals surface area (Å²) in [5.41, 5.74) is 0.820. The van der Waals surface area contributed by atoms with E-state index >= 15 is 0 Å². The maximum atomic E-state index is 12.6. The molecule has 2 aromatic heterocycles. The Hall–Kier alpha value is -2.36. The predicted molar refractivity (Wildman–Crippen MR) is 112 cm³/mol. The number of amides is 1. The van der Waals surface area contributed by atoms with Crippen LogP contribution >= 0.6 is 23.4 Å². The van der Waals surface area contributed by atoms with Crippen LogP contribution in [0.25, 0.3) is 16.7 Å². The Balaban J connectivity index is 1.56. The Morgan fingerprint density at radius 3 is 2.83 bits per heavy atom. The number of nitrogens with one attached hydrogen (secondary N) is 1. The predicted octanol–water partition coefficient (Wildman–Crippen LogP) is 2.49. The summed E-state index contributed by atoms with van der Waals surface area (Å²) in [6.45, 7) is 5.03. The van der Waals surface area contributed by atoms with Gasteiger partial charge in [-0.05, 0) is 32.0 Å². The summed E-state index contributed by atoms with van der Waals surface area (Å²) in [5, 5.41) is 5.57. The van der Waals surface area contributed by atoms with Crippen LogP contribution in [0.3, 0.4) is 0 Å². The lowest BCUT2D eigenvalue weighted by atomic mass is 10.2. The molecule has 29 heavy (non-hydrogen) atoms. The SMILES string of the molecule is C[C@@H]1CN(C(=O)CSc2nc3c(cnn3-c3cccc(Cl)c3)c(=O)[nH]2)C[C@@H](C)O1. The lowest BCUT2D eigenvalue weighted by molar-refractivity contribution is -0.140. The summed E-state index contributed by atoms with van der Waals surface area (Å²) in [6.07, 6.45) is 1.49. The molecule has 3 heterocycles. The molecule has 2 atom stereocenters. The van der Waals surface area contributed by atoms with Crippen LogP contribution in [0.2, 0.25) is 5.02 Å². The van der Waals surface area contributed by atoms with Gasteiger partial charge < -0.3 is 14.6 Å².